The van der Waals surface area contributed by atoms with Gasteiger partial charge in [0.25, 0.3) is 12.5 Å². The predicted molar refractivity (Wildman–Crippen MR) is 63.6 cm³/mol. The Balaban J connectivity index is 2.32. The molecule has 0 aromatic heterocycles. The minimum atomic E-state index is -0.640. The van der Waals surface area contributed by atoms with Crippen molar-refractivity contribution in [3.05, 3.63) is 39.9 Å². The Morgan fingerprint density at radius 3 is 2.94 bits per heavy atom. The summed E-state index contributed by atoms with van der Waals surface area (Å²) in [6.45, 7) is 1.28. The number of hydrogen-bond acceptors (Lipinski definition) is 3. The molecular weight excluding hydrogens is 220 g/mol. The molecule has 0 aliphatic carbocycles. The van der Waals surface area contributed by atoms with E-state index in [0.717, 1.165) is 24.1 Å². The van der Waals surface area contributed by atoms with E-state index in [0.29, 0.717) is 0 Å². The molecule has 1 heterocycles. The fourth-order valence-electron chi connectivity index (χ4n) is 2.25. The fourth-order valence-corrected chi connectivity index (χ4v) is 2.25. The summed E-state index contributed by atoms with van der Waals surface area (Å²) in [6.07, 6.45) is 1.76. The highest BCUT2D eigenvalue weighted by molar-refractivity contribution is 5.95. The number of nitrogens with zero attached hydrogens (tertiary/aromatic N) is 2. The van der Waals surface area contributed by atoms with Crippen molar-refractivity contribution in [1.82, 2.24) is 0 Å². The van der Waals surface area contributed by atoms with E-state index in [-0.39, 0.29) is 6.04 Å². The molecule has 5 heteroatoms. The van der Waals surface area contributed by atoms with Gasteiger partial charge < -0.3 is 4.90 Å². The monoisotopic (exact) mass is 234 g/mol. The lowest BCUT2D eigenvalue weighted by molar-refractivity contribution is -0.467. The van der Waals surface area contributed by atoms with Crippen molar-refractivity contribution in [3.8, 4) is 0 Å². The second-order valence-corrected chi connectivity index (χ2v) is 4.27. The first-order valence-electron chi connectivity index (χ1n) is 5.61. The summed E-state index contributed by atoms with van der Waals surface area (Å²) in [5.74, 6) is -0.436. The largest absolute Gasteiger partial charge is 0.304 e. The number of amides is 1. The van der Waals surface area contributed by atoms with Crippen molar-refractivity contribution in [2.45, 2.75) is 25.8 Å². The molecule has 0 spiro atoms. The standard InChI is InChI=1S/C12H14N2O3/c1-9-6-7-10-4-2-3-5-11(10)14(9)12(15)8-13(16)17/h2-5,9H,6-8H2,1H3. The van der Waals surface area contributed by atoms with E-state index in [1.165, 1.54) is 0 Å². The maximum atomic E-state index is 11.9. The Morgan fingerprint density at radius 1 is 1.53 bits per heavy atom. The van der Waals surface area contributed by atoms with Crippen LogP contribution in [0.2, 0.25) is 0 Å². The van der Waals surface area contributed by atoms with Gasteiger partial charge in [-0.1, -0.05) is 18.2 Å². The van der Waals surface area contributed by atoms with Crippen molar-refractivity contribution in [1.29, 1.82) is 0 Å². The number of hydrogen-bond donors (Lipinski definition) is 0. The molecule has 1 atom stereocenters. The highest BCUT2D eigenvalue weighted by Crippen LogP contribution is 2.30. The molecule has 0 saturated heterocycles. The maximum Gasteiger partial charge on any atom is 0.298 e. The number of aryl methyl sites for hydroxylation is 1. The lowest BCUT2D eigenvalue weighted by Crippen LogP contribution is -2.44. The summed E-state index contributed by atoms with van der Waals surface area (Å²) in [6, 6.07) is 7.61. The van der Waals surface area contributed by atoms with Crippen LogP contribution in [0.1, 0.15) is 18.9 Å². The van der Waals surface area contributed by atoms with Gasteiger partial charge in [-0.25, -0.2) is 0 Å². The van der Waals surface area contributed by atoms with Crippen LogP contribution in [-0.2, 0) is 11.2 Å². The Morgan fingerprint density at radius 2 is 2.24 bits per heavy atom. The van der Waals surface area contributed by atoms with E-state index in [2.05, 4.69) is 0 Å². The normalized spacial score (nSPS) is 18.6. The zero-order valence-electron chi connectivity index (χ0n) is 9.63. The van der Waals surface area contributed by atoms with Crippen LogP contribution in [0.5, 0.6) is 0 Å². The Labute approximate surface area is 99.2 Å². The number of fused-ring (bicyclic) bond motifs is 1. The summed E-state index contributed by atoms with van der Waals surface area (Å²) in [7, 11) is 0. The molecule has 1 aliphatic rings. The molecule has 90 valence electrons. The third kappa shape index (κ3) is 2.27. The van der Waals surface area contributed by atoms with Gasteiger partial charge in [0.15, 0.2) is 0 Å². The first kappa shape index (κ1) is 11.6. The summed E-state index contributed by atoms with van der Waals surface area (Å²) in [4.78, 5) is 23.3. The summed E-state index contributed by atoms with van der Waals surface area (Å²) in [5.41, 5.74) is 1.90. The van der Waals surface area contributed by atoms with Crippen LogP contribution in [0.15, 0.2) is 24.3 Å². The third-order valence-electron chi connectivity index (χ3n) is 3.06. The molecule has 0 N–H and O–H groups in total. The van der Waals surface area contributed by atoms with Gasteiger partial charge in [-0.15, -0.1) is 0 Å². The van der Waals surface area contributed by atoms with Gasteiger partial charge in [0.1, 0.15) is 0 Å². The van der Waals surface area contributed by atoms with E-state index < -0.39 is 17.4 Å². The minimum Gasteiger partial charge on any atom is -0.304 e. The van der Waals surface area contributed by atoms with Crippen molar-refractivity contribution in [2.75, 3.05) is 11.4 Å². The van der Waals surface area contributed by atoms with Crippen molar-refractivity contribution >= 4 is 11.6 Å². The van der Waals surface area contributed by atoms with E-state index >= 15 is 0 Å². The van der Waals surface area contributed by atoms with Crippen LogP contribution in [0.3, 0.4) is 0 Å². The first-order valence-corrected chi connectivity index (χ1v) is 5.61. The molecule has 0 fully saturated rings. The smallest absolute Gasteiger partial charge is 0.298 e. The zero-order chi connectivity index (χ0) is 12.4. The number of anilines is 1. The molecule has 1 unspecified atom stereocenters. The van der Waals surface area contributed by atoms with Crippen LogP contribution >= 0.6 is 0 Å². The molecule has 1 aromatic rings. The van der Waals surface area contributed by atoms with E-state index in [4.69, 9.17) is 0 Å². The second-order valence-electron chi connectivity index (χ2n) is 4.27. The molecule has 17 heavy (non-hydrogen) atoms. The topological polar surface area (TPSA) is 63.5 Å². The van der Waals surface area contributed by atoms with Gasteiger partial charge in [-0.05, 0) is 31.4 Å². The van der Waals surface area contributed by atoms with Crippen LogP contribution in [-0.4, -0.2) is 23.4 Å². The Hall–Kier alpha value is -1.91. The highest BCUT2D eigenvalue weighted by Gasteiger charge is 2.30. The van der Waals surface area contributed by atoms with Gasteiger partial charge in [0, 0.05) is 16.7 Å². The van der Waals surface area contributed by atoms with Gasteiger partial charge in [-0.3, -0.25) is 14.9 Å². The first-order chi connectivity index (χ1) is 8.09. The summed E-state index contributed by atoms with van der Waals surface area (Å²) >= 11 is 0. The lowest BCUT2D eigenvalue weighted by atomic mass is 9.96. The number of nitro groups is 1. The molecule has 0 saturated carbocycles. The van der Waals surface area contributed by atoms with Crippen LogP contribution in [0.4, 0.5) is 5.69 Å². The molecule has 5 nitrogen and oxygen atoms in total. The van der Waals surface area contributed by atoms with E-state index in [1.807, 2.05) is 31.2 Å². The van der Waals surface area contributed by atoms with Gasteiger partial charge >= 0.3 is 0 Å². The minimum absolute atomic E-state index is 0.0253. The average molecular weight is 234 g/mol. The quantitative estimate of drug-likeness (QED) is 0.577. The van der Waals surface area contributed by atoms with E-state index in [1.54, 1.807) is 4.90 Å². The molecule has 1 aliphatic heterocycles. The van der Waals surface area contributed by atoms with Gasteiger partial charge in [0.2, 0.25) is 0 Å². The fraction of sp³-hybridized carbons (Fsp3) is 0.417. The number of carbonyl (C=O) groups excluding carboxylic acids is 1. The molecule has 0 radical (unpaired) electrons. The summed E-state index contributed by atoms with van der Waals surface area (Å²) in [5, 5.41) is 10.4. The van der Waals surface area contributed by atoms with Crippen LogP contribution in [0, 0.1) is 10.1 Å². The van der Waals surface area contributed by atoms with Gasteiger partial charge in [0.05, 0.1) is 0 Å². The lowest BCUT2D eigenvalue weighted by Gasteiger charge is -2.34. The number of benzene rings is 1. The molecular formula is C12H14N2O3. The van der Waals surface area contributed by atoms with Crippen LogP contribution in [0.25, 0.3) is 0 Å². The average Bonchev–Trinajstić information content (AvgIpc) is 2.27. The number of carbonyl (C=O) groups is 1. The Kier molecular flexibility index (Phi) is 3.08. The number of para-hydroxylation sites is 1. The third-order valence-corrected chi connectivity index (χ3v) is 3.06. The summed E-state index contributed by atoms with van der Waals surface area (Å²) < 4.78 is 0. The molecule has 0 bridgehead atoms. The van der Waals surface area contributed by atoms with E-state index in [9.17, 15) is 14.9 Å². The molecule has 2 rings (SSSR count). The molecule has 1 aromatic carbocycles. The van der Waals surface area contributed by atoms with Crippen molar-refractivity contribution in [2.24, 2.45) is 0 Å². The second kappa shape index (κ2) is 4.53. The highest BCUT2D eigenvalue weighted by atomic mass is 16.6. The zero-order valence-corrected chi connectivity index (χ0v) is 9.63. The number of rotatable bonds is 2. The Bertz CT molecular complexity index is 459. The maximum absolute atomic E-state index is 11.9. The van der Waals surface area contributed by atoms with Crippen molar-refractivity contribution in [3.63, 3.8) is 0 Å². The SMILES string of the molecule is CC1CCc2ccccc2N1C(=O)C[N+](=O)[O-]. The van der Waals surface area contributed by atoms with Crippen molar-refractivity contribution < 1.29 is 9.72 Å². The molecule has 1 amide bonds. The van der Waals surface area contributed by atoms with Crippen LogP contribution < -0.4 is 4.90 Å². The van der Waals surface area contributed by atoms with Gasteiger partial charge in [-0.2, -0.15) is 0 Å². The predicted octanol–water partition coefficient (Wildman–Crippen LogP) is 1.63.